The van der Waals surface area contributed by atoms with E-state index in [1.54, 1.807) is 44.2 Å². The lowest BCUT2D eigenvalue weighted by Crippen LogP contribution is -2.18. The number of carbonyl (C=O) groups is 1. The second kappa shape index (κ2) is 9.11. The quantitative estimate of drug-likeness (QED) is 0.511. The summed E-state index contributed by atoms with van der Waals surface area (Å²) < 4.78 is 47.0. The third-order valence-electron chi connectivity index (χ3n) is 4.58. The molecule has 9 heteroatoms. The average molecular weight is 451 g/mol. The Bertz CT molecular complexity index is 1190. The number of methoxy groups -OCH3 is 1. The first-order valence-electron chi connectivity index (χ1n) is 9.37. The number of ether oxygens (including phenoxy) is 1. The summed E-state index contributed by atoms with van der Waals surface area (Å²) in [6, 6.07) is 9.70. The highest BCUT2D eigenvalue weighted by Gasteiger charge is 2.22. The Morgan fingerprint density at radius 1 is 1.17 bits per heavy atom. The maximum absolute atomic E-state index is 14.4. The highest BCUT2D eigenvalue weighted by molar-refractivity contribution is 7.92. The number of rotatable bonds is 8. The lowest BCUT2D eigenvalue weighted by atomic mass is 10.1. The zero-order chi connectivity index (χ0) is 21.9. The predicted molar refractivity (Wildman–Crippen MR) is 119 cm³/mol. The van der Waals surface area contributed by atoms with Gasteiger partial charge in [0.15, 0.2) is 0 Å². The van der Waals surface area contributed by atoms with Crippen LogP contribution >= 0.6 is 11.3 Å². The predicted octanol–water partition coefficient (Wildman–Crippen LogP) is 4.90. The summed E-state index contributed by atoms with van der Waals surface area (Å²) >= 11 is 1.19. The second-order valence-corrected chi connectivity index (χ2v) is 9.70. The van der Waals surface area contributed by atoms with Crippen molar-refractivity contribution in [2.24, 2.45) is 0 Å². The molecule has 0 atom stereocenters. The molecule has 160 valence electrons. The molecule has 2 N–H and O–H groups in total. The molecule has 3 rings (SSSR count). The normalized spacial score (nSPS) is 11.6. The van der Waals surface area contributed by atoms with Crippen molar-refractivity contribution in [3.63, 3.8) is 0 Å². The maximum atomic E-state index is 14.4. The highest BCUT2D eigenvalue weighted by Crippen LogP contribution is 2.35. The van der Waals surface area contributed by atoms with Crippen molar-refractivity contribution in [2.75, 3.05) is 22.9 Å². The molecular formula is C21H23FN2O4S2. The van der Waals surface area contributed by atoms with Gasteiger partial charge < -0.3 is 10.1 Å². The molecule has 1 heterocycles. The van der Waals surface area contributed by atoms with E-state index in [2.05, 4.69) is 10.0 Å². The van der Waals surface area contributed by atoms with Crippen LogP contribution in [-0.4, -0.2) is 27.2 Å². The van der Waals surface area contributed by atoms with Crippen LogP contribution in [0.2, 0.25) is 0 Å². The van der Waals surface area contributed by atoms with Crippen molar-refractivity contribution in [1.29, 1.82) is 0 Å². The number of nitrogens with one attached hydrogen (secondary N) is 2. The average Bonchev–Trinajstić information content (AvgIpc) is 3.05. The minimum atomic E-state index is -3.46. The van der Waals surface area contributed by atoms with Gasteiger partial charge in [0, 0.05) is 28.4 Å². The molecule has 1 amide bonds. The summed E-state index contributed by atoms with van der Waals surface area (Å²) in [5.74, 6) is -0.797. The van der Waals surface area contributed by atoms with E-state index in [1.807, 2.05) is 0 Å². The third kappa shape index (κ3) is 4.63. The molecule has 1 aromatic heterocycles. The van der Waals surface area contributed by atoms with Gasteiger partial charge in [0.2, 0.25) is 10.0 Å². The summed E-state index contributed by atoms with van der Waals surface area (Å²) in [4.78, 5) is 13.4. The van der Waals surface area contributed by atoms with Crippen LogP contribution in [0.15, 0.2) is 36.4 Å². The minimum absolute atomic E-state index is 0.0107. The van der Waals surface area contributed by atoms with Gasteiger partial charge in [-0.05, 0) is 43.2 Å². The van der Waals surface area contributed by atoms with E-state index >= 15 is 0 Å². The summed E-state index contributed by atoms with van der Waals surface area (Å²) in [7, 11) is -1.97. The number of hydrogen-bond acceptors (Lipinski definition) is 5. The van der Waals surface area contributed by atoms with E-state index in [0.29, 0.717) is 43.9 Å². The first kappa shape index (κ1) is 22.2. The van der Waals surface area contributed by atoms with E-state index in [-0.39, 0.29) is 12.4 Å². The molecule has 0 aliphatic heterocycles. The van der Waals surface area contributed by atoms with E-state index < -0.39 is 21.7 Å². The van der Waals surface area contributed by atoms with Crippen LogP contribution in [0.25, 0.3) is 10.1 Å². The van der Waals surface area contributed by atoms with Crippen LogP contribution in [0.1, 0.15) is 34.1 Å². The lowest BCUT2D eigenvalue weighted by molar-refractivity contribution is 0.102. The van der Waals surface area contributed by atoms with Crippen molar-refractivity contribution < 1.29 is 22.3 Å². The Hall–Kier alpha value is -2.49. The number of halogens is 1. The molecule has 2 aromatic carbocycles. The number of amides is 1. The molecular weight excluding hydrogens is 427 g/mol. The molecule has 0 saturated carbocycles. The fourth-order valence-corrected chi connectivity index (χ4v) is 5.49. The number of anilines is 2. The fraction of sp³-hybridized carbons (Fsp3) is 0.286. The number of fused-ring (bicyclic) bond motifs is 1. The van der Waals surface area contributed by atoms with Crippen LogP contribution in [0, 0.1) is 12.7 Å². The Kier molecular flexibility index (Phi) is 6.74. The van der Waals surface area contributed by atoms with E-state index in [0.717, 1.165) is 0 Å². The Morgan fingerprint density at radius 3 is 2.57 bits per heavy atom. The van der Waals surface area contributed by atoms with Gasteiger partial charge >= 0.3 is 0 Å². The lowest BCUT2D eigenvalue weighted by Gasteiger charge is -2.14. The van der Waals surface area contributed by atoms with Crippen LogP contribution in [-0.2, 0) is 21.4 Å². The SMILES string of the molecule is CCCS(=O)(=O)Nc1cccc(NC(=O)c2sc3cccc(F)c3c2COC)c1C. The van der Waals surface area contributed by atoms with Gasteiger partial charge in [-0.15, -0.1) is 11.3 Å². The Balaban J connectivity index is 1.94. The van der Waals surface area contributed by atoms with Crippen LogP contribution in [0.4, 0.5) is 15.8 Å². The van der Waals surface area contributed by atoms with Crippen molar-refractivity contribution in [1.82, 2.24) is 0 Å². The number of sulfonamides is 1. The summed E-state index contributed by atoms with van der Waals surface area (Å²) in [6.07, 6.45) is 0.496. The van der Waals surface area contributed by atoms with Crippen molar-refractivity contribution in [3.05, 3.63) is 58.2 Å². The van der Waals surface area contributed by atoms with Gasteiger partial charge in [0.25, 0.3) is 5.91 Å². The smallest absolute Gasteiger partial charge is 0.266 e. The minimum Gasteiger partial charge on any atom is -0.380 e. The number of hydrogen-bond donors (Lipinski definition) is 2. The molecule has 0 saturated heterocycles. The molecule has 0 aliphatic rings. The van der Waals surface area contributed by atoms with E-state index in [4.69, 9.17) is 4.74 Å². The molecule has 6 nitrogen and oxygen atoms in total. The maximum Gasteiger partial charge on any atom is 0.266 e. The monoisotopic (exact) mass is 450 g/mol. The number of carbonyl (C=O) groups excluding carboxylic acids is 1. The molecule has 3 aromatic rings. The molecule has 0 aliphatic carbocycles. The van der Waals surface area contributed by atoms with Gasteiger partial charge in [-0.1, -0.05) is 19.1 Å². The van der Waals surface area contributed by atoms with Gasteiger partial charge in [-0.25, -0.2) is 12.8 Å². The largest absolute Gasteiger partial charge is 0.380 e. The van der Waals surface area contributed by atoms with E-state index in [9.17, 15) is 17.6 Å². The van der Waals surface area contributed by atoms with E-state index in [1.165, 1.54) is 24.5 Å². The molecule has 30 heavy (non-hydrogen) atoms. The second-order valence-electron chi connectivity index (χ2n) is 6.81. The Morgan fingerprint density at radius 2 is 1.87 bits per heavy atom. The number of benzene rings is 2. The highest BCUT2D eigenvalue weighted by atomic mass is 32.2. The van der Waals surface area contributed by atoms with Gasteiger partial charge in [-0.2, -0.15) is 0 Å². The van der Waals surface area contributed by atoms with Crippen molar-refractivity contribution in [3.8, 4) is 0 Å². The molecule has 0 radical (unpaired) electrons. The van der Waals surface area contributed by atoms with Crippen molar-refractivity contribution in [2.45, 2.75) is 26.9 Å². The first-order chi connectivity index (χ1) is 14.3. The summed E-state index contributed by atoms with van der Waals surface area (Å²) in [5.41, 5.74) is 1.95. The Labute approximate surface area is 179 Å². The zero-order valence-corrected chi connectivity index (χ0v) is 18.5. The summed E-state index contributed by atoms with van der Waals surface area (Å²) in [6.45, 7) is 3.60. The number of thiophene rings is 1. The van der Waals surface area contributed by atoms with Gasteiger partial charge in [0.05, 0.1) is 22.9 Å². The molecule has 0 bridgehead atoms. The standard InChI is InChI=1S/C21H23FN2O4S2/c1-4-11-30(26,27)24-17-9-6-8-16(13(17)2)23-21(25)20-14(12-28-3)19-15(22)7-5-10-18(19)29-20/h5-10,24H,4,11-12H2,1-3H3,(H,23,25). The first-order valence-corrected chi connectivity index (χ1v) is 11.8. The van der Waals surface area contributed by atoms with Crippen LogP contribution in [0.3, 0.4) is 0 Å². The molecule has 0 fully saturated rings. The third-order valence-corrected chi connectivity index (χ3v) is 7.25. The van der Waals surface area contributed by atoms with Crippen LogP contribution in [0.5, 0.6) is 0 Å². The van der Waals surface area contributed by atoms with Crippen molar-refractivity contribution >= 4 is 48.7 Å². The van der Waals surface area contributed by atoms with Gasteiger partial charge in [0.1, 0.15) is 5.82 Å². The zero-order valence-electron chi connectivity index (χ0n) is 16.9. The molecule has 0 unspecified atom stereocenters. The summed E-state index contributed by atoms with van der Waals surface area (Å²) in [5, 5.41) is 3.20. The van der Waals surface area contributed by atoms with Crippen LogP contribution < -0.4 is 10.0 Å². The van der Waals surface area contributed by atoms with Gasteiger partial charge in [-0.3, -0.25) is 9.52 Å². The topological polar surface area (TPSA) is 84.5 Å². The fourth-order valence-electron chi connectivity index (χ4n) is 3.18. The molecule has 0 spiro atoms.